The Labute approximate surface area is 123 Å². The van der Waals surface area contributed by atoms with Crippen LogP contribution in [0.2, 0.25) is 0 Å². The average Bonchev–Trinajstić information content (AvgIpc) is 2.52. The molecule has 1 aromatic heterocycles. The molecular weight excluding hydrogens is 269 g/mol. The SMILES string of the molecule is O=C(CCc1ccc(F)cc1)OCCCc1ccncc1. The minimum Gasteiger partial charge on any atom is -0.466 e. The summed E-state index contributed by atoms with van der Waals surface area (Å²) in [5, 5.41) is 0. The smallest absolute Gasteiger partial charge is 0.306 e. The van der Waals surface area contributed by atoms with E-state index in [9.17, 15) is 9.18 Å². The first-order chi connectivity index (χ1) is 10.2. The minimum absolute atomic E-state index is 0.214. The van der Waals surface area contributed by atoms with Gasteiger partial charge in [0.25, 0.3) is 0 Å². The number of ether oxygens (including phenoxy) is 1. The molecule has 0 saturated carbocycles. The van der Waals surface area contributed by atoms with Gasteiger partial charge in [-0.2, -0.15) is 0 Å². The van der Waals surface area contributed by atoms with Crippen molar-refractivity contribution in [2.45, 2.75) is 25.7 Å². The fourth-order valence-electron chi connectivity index (χ4n) is 1.98. The first kappa shape index (κ1) is 15.2. The number of benzene rings is 1. The zero-order valence-electron chi connectivity index (χ0n) is 11.8. The van der Waals surface area contributed by atoms with Crippen molar-refractivity contribution in [2.24, 2.45) is 0 Å². The highest BCUT2D eigenvalue weighted by Gasteiger charge is 2.04. The quantitative estimate of drug-likeness (QED) is 0.579. The van der Waals surface area contributed by atoms with Crippen molar-refractivity contribution in [3.8, 4) is 0 Å². The monoisotopic (exact) mass is 287 g/mol. The van der Waals surface area contributed by atoms with E-state index in [0.29, 0.717) is 19.4 Å². The Balaban J connectivity index is 1.60. The van der Waals surface area contributed by atoms with E-state index in [-0.39, 0.29) is 11.8 Å². The topological polar surface area (TPSA) is 39.2 Å². The van der Waals surface area contributed by atoms with Crippen LogP contribution in [0.15, 0.2) is 48.8 Å². The molecule has 0 bridgehead atoms. The number of halogens is 1. The molecular formula is C17H18FNO2. The summed E-state index contributed by atoms with van der Waals surface area (Å²) in [4.78, 5) is 15.5. The van der Waals surface area contributed by atoms with Gasteiger partial charge in [-0.25, -0.2) is 4.39 Å². The standard InChI is InChI=1S/C17H18FNO2/c18-16-6-3-15(4-7-16)5-8-17(20)21-13-1-2-14-9-11-19-12-10-14/h3-4,6-7,9-12H,1-2,5,8,13H2. The van der Waals surface area contributed by atoms with E-state index in [2.05, 4.69) is 4.98 Å². The lowest BCUT2D eigenvalue weighted by molar-refractivity contribution is -0.143. The summed E-state index contributed by atoms with van der Waals surface area (Å²) >= 11 is 0. The van der Waals surface area contributed by atoms with Crippen LogP contribution in [0.4, 0.5) is 4.39 Å². The highest BCUT2D eigenvalue weighted by Crippen LogP contribution is 2.06. The molecule has 0 saturated heterocycles. The van der Waals surface area contributed by atoms with E-state index in [4.69, 9.17) is 4.74 Å². The first-order valence-electron chi connectivity index (χ1n) is 7.03. The van der Waals surface area contributed by atoms with Gasteiger partial charge in [-0.1, -0.05) is 12.1 Å². The number of hydrogen-bond acceptors (Lipinski definition) is 3. The molecule has 0 aliphatic heterocycles. The summed E-state index contributed by atoms with van der Waals surface area (Å²) in [6.45, 7) is 0.421. The highest BCUT2D eigenvalue weighted by atomic mass is 19.1. The number of esters is 1. The summed E-state index contributed by atoms with van der Waals surface area (Å²) in [6.07, 6.45) is 6.07. The van der Waals surface area contributed by atoms with Gasteiger partial charge in [-0.15, -0.1) is 0 Å². The number of carbonyl (C=O) groups excluding carboxylic acids is 1. The number of aromatic nitrogens is 1. The summed E-state index contributed by atoms with van der Waals surface area (Å²) in [6, 6.07) is 10.1. The number of hydrogen-bond donors (Lipinski definition) is 0. The van der Waals surface area contributed by atoms with Gasteiger partial charge in [-0.3, -0.25) is 9.78 Å². The second kappa shape index (κ2) is 8.15. The van der Waals surface area contributed by atoms with Gasteiger partial charge in [0, 0.05) is 18.8 Å². The lowest BCUT2D eigenvalue weighted by atomic mass is 10.1. The lowest BCUT2D eigenvalue weighted by Gasteiger charge is -2.05. The second-order valence-corrected chi connectivity index (χ2v) is 4.81. The van der Waals surface area contributed by atoms with Crippen LogP contribution < -0.4 is 0 Å². The molecule has 0 fully saturated rings. The molecule has 2 rings (SSSR count). The molecule has 1 heterocycles. The summed E-state index contributed by atoms with van der Waals surface area (Å²) in [5.41, 5.74) is 2.12. The zero-order chi connectivity index (χ0) is 14.9. The summed E-state index contributed by atoms with van der Waals surface area (Å²) in [5.74, 6) is -0.480. The second-order valence-electron chi connectivity index (χ2n) is 4.81. The van der Waals surface area contributed by atoms with Crippen LogP contribution in [0.5, 0.6) is 0 Å². The van der Waals surface area contributed by atoms with Crippen molar-refractivity contribution in [3.05, 3.63) is 65.7 Å². The van der Waals surface area contributed by atoms with Gasteiger partial charge in [0.1, 0.15) is 5.82 Å². The largest absolute Gasteiger partial charge is 0.466 e. The van der Waals surface area contributed by atoms with Gasteiger partial charge >= 0.3 is 5.97 Å². The van der Waals surface area contributed by atoms with Crippen molar-refractivity contribution >= 4 is 5.97 Å². The Hall–Kier alpha value is -2.23. The number of carbonyl (C=O) groups is 1. The maximum absolute atomic E-state index is 12.7. The maximum Gasteiger partial charge on any atom is 0.306 e. The minimum atomic E-state index is -0.266. The van der Waals surface area contributed by atoms with E-state index in [0.717, 1.165) is 18.4 Å². The van der Waals surface area contributed by atoms with Gasteiger partial charge in [-0.05, 0) is 54.7 Å². The molecule has 0 aliphatic rings. The van der Waals surface area contributed by atoms with Crippen LogP contribution in [0.25, 0.3) is 0 Å². The first-order valence-corrected chi connectivity index (χ1v) is 7.03. The van der Waals surface area contributed by atoms with Gasteiger partial charge in [0.05, 0.1) is 6.61 Å². The molecule has 3 nitrogen and oxygen atoms in total. The predicted molar refractivity (Wildman–Crippen MR) is 78.2 cm³/mol. The molecule has 0 aliphatic carbocycles. The Morgan fingerprint density at radius 3 is 2.38 bits per heavy atom. The Morgan fingerprint density at radius 2 is 1.67 bits per heavy atom. The lowest BCUT2D eigenvalue weighted by Crippen LogP contribution is -2.07. The molecule has 0 atom stereocenters. The molecule has 0 radical (unpaired) electrons. The molecule has 21 heavy (non-hydrogen) atoms. The maximum atomic E-state index is 12.7. The third-order valence-corrected chi connectivity index (χ3v) is 3.15. The van der Waals surface area contributed by atoms with Gasteiger partial charge < -0.3 is 4.74 Å². The number of nitrogens with zero attached hydrogens (tertiary/aromatic N) is 1. The van der Waals surface area contributed by atoms with Gasteiger partial charge in [0.15, 0.2) is 0 Å². The molecule has 2 aromatic rings. The third kappa shape index (κ3) is 5.73. The van der Waals surface area contributed by atoms with Crippen LogP contribution in [-0.4, -0.2) is 17.6 Å². The van der Waals surface area contributed by atoms with Crippen molar-refractivity contribution in [1.82, 2.24) is 4.98 Å². The molecule has 4 heteroatoms. The van der Waals surface area contributed by atoms with Crippen LogP contribution in [0, 0.1) is 5.82 Å². The normalized spacial score (nSPS) is 10.3. The van der Waals surface area contributed by atoms with Crippen molar-refractivity contribution in [1.29, 1.82) is 0 Å². The fraction of sp³-hybridized carbons (Fsp3) is 0.294. The number of aryl methyl sites for hydroxylation is 2. The molecule has 1 aromatic carbocycles. The number of rotatable bonds is 7. The Kier molecular flexibility index (Phi) is 5.88. The van der Waals surface area contributed by atoms with Crippen LogP contribution in [0.1, 0.15) is 24.0 Å². The van der Waals surface area contributed by atoms with Crippen molar-refractivity contribution in [3.63, 3.8) is 0 Å². The Morgan fingerprint density at radius 1 is 1.00 bits per heavy atom. The van der Waals surface area contributed by atoms with Crippen LogP contribution in [0.3, 0.4) is 0 Å². The summed E-state index contributed by atoms with van der Waals surface area (Å²) in [7, 11) is 0. The fourth-order valence-corrected chi connectivity index (χ4v) is 1.98. The molecule has 0 unspecified atom stereocenters. The molecule has 0 N–H and O–H groups in total. The molecule has 0 amide bonds. The number of pyridine rings is 1. The van der Waals surface area contributed by atoms with Gasteiger partial charge in [0.2, 0.25) is 0 Å². The zero-order valence-corrected chi connectivity index (χ0v) is 11.8. The van der Waals surface area contributed by atoms with Crippen LogP contribution in [-0.2, 0) is 22.4 Å². The van der Waals surface area contributed by atoms with Crippen molar-refractivity contribution < 1.29 is 13.9 Å². The van der Waals surface area contributed by atoms with Crippen molar-refractivity contribution in [2.75, 3.05) is 6.61 Å². The van der Waals surface area contributed by atoms with Crippen LogP contribution >= 0.6 is 0 Å². The highest BCUT2D eigenvalue weighted by molar-refractivity contribution is 5.69. The van der Waals surface area contributed by atoms with E-state index >= 15 is 0 Å². The third-order valence-electron chi connectivity index (χ3n) is 3.15. The van der Waals surface area contributed by atoms with E-state index < -0.39 is 0 Å². The van der Waals surface area contributed by atoms with E-state index in [1.165, 1.54) is 17.7 Å². The Bertz CT molecular complexity index is 555. The molecule has 0 spiro atoms. The average molecular weight is 287 g/mol. The molecule has 110 valence electrons. The predicted octanol–water partition coefficient (Wildman–Crippen LogP) is 3.33. The van der Waals surface area contributed by atoms with E-state index in [1.807, 2.05) is 12.1 Å². The van der Waals surface area contributed by atoms with E-state index in [1.54, 1.807) is 24.5 Å². The summed E-state index contributed by atoms with van der Waals surface area (Å²) < 4.78 is 17.9.